The normalized spacial score (nSPS) is 18.6. The molecule has 1 fully saturated rings. The summed E-state index contributed by atoms with van der Waals surface area (Å²) in [5.74, 6) is -0.0923. The molecule has 5 nitrogen and oxygen atoms in total. The molecule has 1 aliphatic rings. The fraction of sp³-hybridized carbons (Fsp3) is 0.529. The van der Waals surface area contributed by atoms with Crippen LogP contribution in [0, 0.1) is 5.92 Å². The summed E-state index contributed by atoms with van der Waals surface area (Å²) in [6.07, 6.45) is 1.09. The molecule has 1 aromatic rings. The first-order chi connectivity index (χ1) is 10.6. The number of benzene rings is 1. The fourth-order valence-electron chi connectivity index (χ4n) is 2.66. The number of likely N-dealkylation sites (tertiary alicyclic amines) is 1. The molecule has 1 N–H and O–H groups in total. The van der Waals surface area contributed by atoms with Gasteiger partial charge in [0.1, 0.15) is 0 Å². The van der Waals surface area contributed by atoms with Gasteiger partial charge in [-0.25, -0.2) is 0 Å². The van der Waals surface area contributed by atoms with Crippen molar-refractivity contribution in [3.05, 3.63) is 35.9 Å². The van der Waals surface area contributed by atoms with Crippen LogP contribution in [-0.4, -0.2) is 55.3 Å². The summed E-state index contributed by atoms with van der Waals surface area (Å²) >= 11 is 0. The van der Waals surface area contributed by atoms with Crippen molar-refractivity contribution >= 4 is 11.8 Å². The summed E-state index contributed by atoms with van der Waals surface area (Å²) < 4.78 is 0. The van der Waals surface area contributed by atoms with Gasteiger partial charge in [-0.15, -0.1) is 0 Å². The minimum atomic E-state index is -0.164. The molecule has 0 spiro atoms. The average Bonchev–Trinajstić information content (AvgIpc) is 2.51. The number of nitrogens with one attached hydrogen (secondary N) is 1. The molecule has 0 unspecified atom stereocenters. The second-order valence-corrected chi connectivity index (χ2v) is 6.02. The van der Waals surface area contributed by atoms with Gasteiger partial charge in [-0.3, -0.25) is 9.59 Å². The van der Waals surface area contributed by atoms with E-state index >= 15 is 0 Å². The first-order valence-electron chi connectivity index (χ1n) is 7.80. The summed E-state index contributed by atoms with van der Waals surface area (Å²) in [5.41, 5.74) is 1.26. The number of hydrogen-bond acceptors (Lipinski definition) is 3. The number of hydrogen-bond donors (Lipinski definition) is 1. The standard InChI is InChI=1S/C17H25N3O2/c1-19(13-14-6-4-3-5-7-14)11-9-18-17(22)15-8-10-20(2)16(21)12-15/h3-7,15H,8-13H2,1-2H3,(H,18,22)/t15-/m0/s1. The Bertz CT molecular complexity index is 504. The van der Waals surface area contributed by atoms with Crippen molar-refractivity contribution in [3.63, 3.8) is 0 Å². The van der Waals surface area contributed by atoms with Gasteiger partial charge >= 0.3 is 0 Å². The molecule has 1 aliphatic heterocycles. The average molecular weight is 303 g/mol. The Morgan fingerprint density at radius 1 is 1.36 bits per heavy atom. The Morgan fingerprint density at radius 3 is 2.77 bits per heavy atom. The topological polar surface area (TPSA) is 52.7 Å². The van der Waals surface area contributed by atoms with E-state index in [2.05, 4.69) is 22.3 Å². The third kappa shape index (κ3) is 4.84. The summed E-state index contributed by atoms with van der Waals surface area (Å²) in [7, 11) is 3.83. The molecule has 0 saturated carbocycles. The Kier molecular flexibility index (Phi) is 5.95. The lowest BCUT2D eigenvalue weighted by Gasteiger charge is -2.28. The Morgan fingerprint density at radius 2 is 2.09 bits per heavy atom. The molecule has 22 heavy (non-hydrogen) atoms. The van der Waals surface area contributed by atoms with Crippen LogP contribution >= 0.6 is 0 Å². The lowest BCUT2D eigenvalue weighted by atomic mass is 9.96. The molecular weight excluding hydrogens is 278 g/mol. The number of amides is 2. The molecule has 2 amide bonds. The molecule has 2 rings (SSSR count). The lowest BCUT2D eigenvalue weighted by Crippen LogP contribution is -2.43. The van der Waals surface area contributed by atoms with Crippen LogP contribution in [0.4, 0.5) is 0 Å². The molecular formula is C17H25N3O2. The van der Waals surface area contributed by atoms with Crippen LogP contribution in [-0.2, 0) is 16.1 Å². The van der Waals surface area contributed by atoms with E-state index < -0.39 is 0 Å². The largest absolute Gasteiger partial charge is 0.355 e. The summed E-state index contributed by atoms with van der Waals surface area (Å²) in [6, 6.07) is 10.3. The highest BCUT2D eigenvalue weighted by Crippen LogP contribution is 2.17. The number of piperidine rings is 1. The first-order valence-corrected chi connectivity index (χ1v) is 7.80. The van der Waals surface area contributed by atoms with Gasteiger partial charge in [0.2, 0.25) is 11.8 Å². The number of likely N-dealkylation sites (N-methyl/N-ethyl adjacent to an activating group) is 1. The molecule has 1 saturated heterocycles. The maximum absolute atomic E-state index is 12.1. The quantitative estimate of drug-likeness (QED) is 0.856. The van der Waals surface area contributed by atoms with Crippen molar-refractivity contribution < 1.29 is 9.59 Å². The maximum atomic E-state index is 12.1. The zero-order chi connectivity index (χ0) is 15.9. The van der Waals surface area contributed by atoms with Crippen LogP contribution in [0.25, 0.3) is 0 Å². The van der Waals surface area contributed by atoms with Crippen molar-refractivity contribution in [3.8, 4) is 0 Å². The van der Waals surface area contributed by atoms with Crippen LogP contribution < -0.4 is 5.32 Å². The van der Waals surface area contributed by atoms with Crippen LogP contribution in [0.15, 0.2) is 30.3 Å². The monoisotopic (exact) mass is 303 g/mol. The van der Waals surface area contributed by atoms with Gasteiger partial charge in [0.25, 0.3) is 0 Å². The van der Waals surface area contributed by atoms with Gasteiger partial charge in [-0.1, -0.05) is 30.3 Å². The van der Waals surface area contributed by atoms with Crippen LogP contribution in [0.5, 0.6) is 0 Å². The number of rotatable bonds is 6. The van der Waals surface area contributed by atoms with Crippen molar-refractivity contribution in [1.29, 1.82) is 0 Å². The van der Waals surface area contributed by atoms with E-state index in [9.17, 15) is 9.59 Å². The van der Waals surface area contributed by atoms with Gasteiger partial charge in [0.05, 0.1) is 0 Å². The zero-order valence-corrected chi connectivity index (χ0v) is 13.4. The highest BCUT2D eigenvalue weighted by atomic mass is 16.2. The minimum Gasteiger partial charge on any atom is -0.355 e. The maximum Gasteiger partial charge on any atom is 0.223 e. The van der Waals surface area contributed by atoms with E-state index in [1.807, 2.05) is 25.2 Å². The van der Waals surface area contributed by atoms with Gasteiger partial charge in [0.15, 0.2) is 0 Å². The molecule has 1 aromatic carbocycles. The Hall–Kier alpha value is -1.88. The summed E-state index contributed by atoms with van der Waals surface area (Å²) in [6.45, 7) is 2.94. The van der Waals surface area contributed by atoms with Gasteiger partial charge in [-0.05, 0) is 19.0 Å². The third-order valence-corrected chi connectivity index (χ3v) is 4.12. The Labute approximate surface area is 132 Å². The van der Waals surface area contributed by atoms with Crippen molar-refractivity contribution in [2.45, 2.75) is 19.4 Å². The number of nitrogens with zero attached hydrogens (tertiary/aromatic N) is 2. The third-order valence-electron chi connectivity index (χ3n) is 4.12. The zero-order valence-electron chi connectivity index (χ0n) is 13.4. The highest BCUT2D eigenvalue weighted by molar-refractivity contribution is 5.86. The molecule has 0 aliphatic carbocycles. The second kappa shape index (κ2) is 7.94. The van der Waals surface area contributed by atoms with E-state index in [1.54, 1.807) is 11.9 Å². The molecule has 1 atom stereocenters. The van der Waals surface area contributed by atoms with Crippen LogP contribution in [0.3, 0.4) is 0 Å². The minimum absolute atomic E-state index is 0.00885. The van der Waals surface area contributed by atoms with E-state index in [-0.39, 0.29) is 17.7 Å². The lowest BCUT2D eigenvalue weighted by molar-refractivity contribution is -0.139. The van der Waals surface area contributed by atoms with Gasteiger partial charge < -0.3 is 15.1 Å². The molecule has 5 heteroatoms. The van der Waals surface area contributed by atoms with Crippen LogP contribution in [0.2, 0.25) is 0 Å². The van der Waals surface area contributed by atoms with E-state index in [4.69, 9.17) is 0 Å². The highest BCUT2D eigenvalue weighted by Gasteiger charge is 2.28. The van der Waals surface area contributed by atoms with Gasteiger partial charge in [-0.2, -0.15) is 0 Å². The second-order valence-electron chi connectivity index (χ2n) is 6.02. The van der Waals surface area contributed by atoms with E-state index in [0.29, 0.717) is 19.5 Å². The molecule has 0 radical (unpaired) electrons. The van der Waals surface area contributed by atoms with Crippen molar-refractivity contribution in [2.24, 2.45) is 5.92 Å². The van der Waals surface area contributed by atoms with E-state index in [1.165, 1.54) is 5.56 Å². The molecule has 120 valence electrons. The predicted octanol–water partition coefficient (Wildman–Crippen LogP) is 1.10. The predicted molar refractivity (Wildman–Crippen MR) is 86.1 cm³/mol. The summed E-state index contributed by atoms with van der Waals surface area (Å²) in [5, 5.41) is 2.95. The molecule has 0 aromatic heterocycles. The fourth-order valence-corrected chi connectivity index (χ4v) is 2.66. The number of carbonyl (C=O) groups excluding carboxylic acids is 2. The first kappa shape index (κ1) is 16.5. The molecule has 1 heterocycles. The SMILES string of the molecule is CN(CCNC(=O)[C@H]1CCN(C)C(=O)C1)Cc1ccccc1. The van der Waals surface area contributed by atoms with Crippen molar-refractivity contribution in [2.75, 3.05) is 33.7 Å². The summed E-state index contributed by atoms with van der Waals surface area (Å²) in [4.78, 5) is 27.6. The van der Waals surface area contributed by atoms with Crippen molar-refractivity contribution in [1.82, 2.24) is 15.1 Å². The Balaban J connectivity index is 1.67. The van der Waals surface area contributed by atoms with Gasteiger partial charge in [0, 0.05) is 45.6 Å². The molecule has 0 bridgehead atoms. The van der Waals surface area contributed by atoms with Crippen LogP contribution in [0.1, 0.15) is 18.4 Å². The smallest absolute Gasteiger partial charge is 0.223 e. The van der Waals surface area contributed by atoms with E-state index in [0.717, 1.165) is 19.5 Å². The number of carbonyl (C=O) groups is 2.